The number of rotatable bonds is 2. The fourth-order valence-corrected chi connectivity index (χ4v) is 4.32. The number of allylic oxidation sites excluding steroid dienone is 1. The van der Waals surface area contributed by atoms with E-state index in [-0.39, 0.29) is 17.2 Å². The lowest BCUT2D eigenvalue weighted by atomic mass is 9.73. The van der Waals surface area contributed by atoms with E-state index < -0.39 is 0 Å². The first-order valence-corrected chi connectivity index (χ1v) is 10.3. The van der Waals surface area contributed by atoms with Crippen molar-refractivity contribution in [2.75, 3.05) is 5.32 Å². The minimum atomic E-state index is -0.283. The molecule has 2 aliphatic rings. The molecule has 1 aliphatic carbocycles. The SMILES string of the molecule is CC1(C)CC(=O)C2=C(C1)NC(Nc1nc3ccccc3o1)=[NH+][C@@H]2c1ccc(Cl)cc1. The van der Waals surface area contributed by atoms with Crippen molar-refractivity contribution in [1.82, 2.24) is 10.3 Å². The normalized spacial score (nSPS) is 20.6. The number of benzene rings is 2. The molecular formula is C23H22ClN4O2+. The van der Waals surface area contributed by atoms with Crippen LogP contribution in [0.3, 0.4) is 0 Å². The van der Waals surface area contributed by atoms with E-state index in [0.717, 1.165) is 28.8 Å². The van der Waals surface area contributed by atoms with Gasteiger partial charge in [0.15, 0.2) is 11.4 Å². The molecule has 0 fully saturated rings. The molecular weight excluding hydrogens is 400 g/mol. The van der Waals surface area contributed by atoms with E-state index in [4.69, 9.17) is 16.0 Å². The van der Waals surface area contributed by atoms with Crippen LogP contribution in [0, 0.1) is 5.41 Å². The second-order valence-electron chi connectivity index (χ2n) is 8.57. The number of oxazole rings is 1. The van der Waals surface area contributed by atoms with Crippen molar-refractivity contribution in [3.05, 3.63) is 70.4 Å². The summed E-state index contributed by atoms with van der Waals surface area (Å²) in [7, 11) is 0. The van der Waals surface area contributed by atoms with Crippen molar-refractivity contribution in [2.24, 2.45) is 5.41 Å². The Morgan fingerprint density at radius 2 is 1.93 bits per heavy atom. The molecule has 0 spiro atoms. The molecule has 0 bridgehead atoms. The monoisotopic (exact) mass is 421 g/mol. The Bertz CT molecular complexity index is 1170. The highest BCUT2D eigenvalue weighted by atomic mass is 35.5. The van der Waals surface area contributed by atoms with Crippen LogP contribution in [0.4, 0.5) is 6.01 Å². The molecule has 2 heterocycles. The Kier molecular flexibility index (Phi) is 4.40. The van der Waals surface area contributed by atoms with E-state index in [1.54, 1.807) is 0 Å². The highest BCUT2D eigenvalue weighted by Gasteiger charge is 2.42. The van der Waals surface area contributed by atoms with Gasteiger partial charge in [-0.05, 0) is 35.2 Å². The third-order valence-corrected chi connectivity index (χ3v) is 5.75. The van der Waals surface area contributed by atoms with Gasteiger partial charge < -0.3 is 4.42 Å². The molecule has 1 aromatic heterocycles. The van der Waals surface area contributed by atoms with E-state index in [2.05, 4.69) is 34.5 Å². The number of guanidine groups is 1. The van der Waals surface area contributed by atoms with E-state index in [1.165, 1.54) is 0 Å². The number of anilines is 1. The highest BCUT2D eigenvalue weighted by Crippen LogP contribution is 2.39. The average molecular weight is 422 g/mol. The third kappa shape index (κ3) is 3.48. The predicted octanol–water partition coefficient (Wildman–Crippen LogP) is 3.32. The minimum Gasteiger partial charge on any atom is -0.412 e. The lowest BCUT2D eigenvalue weighted by Gasteiger charge is -2.34. The summed E-state index contributed by atoms with van der Waals surface area (Å²) in [6.45, 7) is 4.23. The molecule has 2 aromatic carbocycles. The van der Waals surface area contributed by atoms with Crippen LogP contribution < -0.4 is 15.6 Å². The number of carbonyl (C=O) groups is 1. The smallest absolute Gasteiger partial charge is 0.365 e. The number of para-hydroxylation sites is 2. The molecule has 0 saturated heterocycles. The highest BCUT2D eigenvalue weighted by molar-refractivity contribution is 6.30. The Morgan fingerprint density at radius 3 is 2.70 bits per heavy atom. The van der Waals surface area contributed by atoms with Crippen LogP contribution in [0.5, 0.6) is 0 Å². The molecule has 3 aromatic rings. The summed E-state index contributed by atoms with van der Waals surface area (Å²) in [5.41, 5.74) is 4.05. The van der Waals surface area contributed by atoms with Crippen LogP contribution in [0.25, 0.3) is 11.1 Å². The van der Waals surface area contributed by atoms with Crippen LogP contribution in [-0.4, -0.2) is 16.7 Å². The fraction of sp³-hybridized carbons (Fsp3) is 0.261. The van der Waals surface area contributed by atoms with Gasteiger partial charge in [-0.15, -0.1) is 0 Å². The number of carbonyl (C=O) groups excluding carboxylic acids is 1. The van der Waals surface area contributed by atoms with Crippen molar-refractivity contribution in [1.29, 1.82) is 0 Å². The van der Waals surface area contributed by atoms with Gasteiger partial charge in [0.25, 0.3) is 0 Å². The lowest BCUT2D eigenvalue weighted by Crippen LogP contribution is -2.82. The Hall–Kier alpha value is -3.12. The summed E-state index contributed by atoms with van der Waals surface area (Å²) in [4.78, 5) is 20.9. The number of hydrogen-bond acceptors (Lipinski definition) is 5. The molecule has 0 radical (unpaired) electrons. The zero-order valence-electron chi connectivity index (χ0n) is 16.8. The van der Waals surface area contributed by atoms with Gasteiger partial charge in [0.2, 0.25) is 0 Å². The van der Waals surface area contributed by atoms with Crippen molar-refractivity contribution >= 4 is 40.5 Å². The van der Waals surface area contributed by atoms with Crippen molar-refractivity contribution in [3.63, 3.8) is 0 Å². The van der Waals surface area contributed by atoms with Crippen molar-refractivity contribution in [3.8, 4) is 0 Å². The molecule has 0 amide bonds. The second-order valence-corrected chi connectivity index (χ2v) is 9.01. The largest absolute Gasteiger partial charge is 0.412 e. The molecule has 3 N–H and O–H groups in total. The second kappa shape index (κ2) is 6.99. The zero-order chi connectivity index (χ0) is 20.9. The molecule has 152 valence electrons. The first-order chi connectivity index (χ1) is 14.4. The Morgan fingerprint density at radius 1 is 1.17 bits per heavy atom. The summed E-state index contributed by atoms with van der Waals surface area (Å²) in [5, 5.41) is 7.23. The maximum absolute atomic E-state index is 13.1. The first kappa shape index (κ1) is 18.9. The van der Waals surface area contributed by atoms with Gasteiger partial charge in [0, 0.05) is 17.9 Å². The summed E-state index contributed by atoms with van der Waals surface area (Å²) in [6, 6.07) is 15.3. The zero-order valence-corrected chi connectivity index (χ0v) is 17.5. The van der Waals surface area contributed by atoms with Gasteiger partial charge >= 0.3 is 12.0 Å². The maximum atomic E-state index is 13.1. The number of halogens is 1. The summed E-state index contributed by atoms with van der Waals surface area (Å²) >= 11 is 6.08. The van der Waals surface area contributed by atoms with Gasteiger partial charge in [-0.2, -0.15) is 10.3 Å². The summed E-state index contributed by atoms with van der Waals surface area (Å²) in [6.07, 6.45) is 1.30. The topological polar surface area (TPSA) is 81.1 Å². The quantitative estimate of drug-likeness (QED) is 0.591. The first-order valence-electron chi connectivity index (χ1n) is 9.93. The summed E-state index contributed by atoms with van der Waals surface area (Å²) in [5.74, 6) is 0.785. The molecule has 6 nitrogen and oxygen atoms in total. The van der Waals surface area contributed by atoms with Crippen LogP contribution in [0.15, 0.2) is 64.2 Å². The van der Waals surface area contributed by atoms with Crippen molar-refractivity contribution in [2.45, 2.75) is 32.7 Å². The van der Waals surface area contributed by atoms with Crippen LogP contribution in [0.1, 0.15) is 38.3 Å². The lowest BCUT2D eigenvalue weighted by molar-refractivity contribution is -0.502. The number of aromatic nitrogens is 1. The molecule has 1 atom stereocenters. The molecule has 7 heteroatoms. The minimum absolute atomic E-state index is 0.104. The third-order valence-electron chi connectivity index (χ3n) is 5.50. The maximum Gasteiger partial charge on any atom is 0.365 e. The van der Waals surface area contributed by atoms with Crippen LogP contribution in [0.2, 0.25) is 5.02 Å². The Balaban J connectivity index is 1.54. The average Bonchev–Trinajstić information content (AvgIpc) is 3.09. The molecule has 30 heavy (non-hydrogen) atoms. The van der Waals surface area contributed by atoms with Crippen LogP contribution in [-0.2, 0) is 4.79 Å². The van der Waals surface area contributed by atoms with E-state index in [0.29, 0.717) is 29.0 Å². The number of ketones is 1. The van der Waals surface area contributed by atoms with E-state index >= 15 is 0 Å². The van der Waals surface area contributed by atoms with Gasteiger partial charge in [0.1, 0.15) is 11.6 Å². The van der Waals surface area contributed by atoms with E-state index in [9.17, 15) is 4.79 Å². The number of hydrogen-bond donors (Lipinski definition) is 3. The van der Waals surface area contributed by atoms with Crippen LogP contribution >= 0.6 is 11.6 Å². The van der Waals surface area contributed by atoms with Gasteiger partial charge in [-0.3, -0.25) is 9.79 Å². The number of fused-ring (bicyclic) bond motifs is 1. The molecule has 0 saturated carbocycles. The van der Waals surface area contributed by atoms with Gasteiger partial charge in [-0.25, -0.2) is 5.32 Å². The number of Topliss-reactive ketones (excluding diaryl/α,β-unsaturated/α-hetero) is 1. The predicted molar refractivity (Wildman–Crippen MR) is 116 cm³/mol. The van der Waals surface area contributed by atoms with Gasteiger partial charge in [-0.1, -0.05) is 49.7 Å². The number of nitrogens with zero attached hydrogens (tertiary/aromatic N) is 1. The summed E-state index contributed by atoms with van der Waals surface area (Å²) < 4.78 is 5.80. The van der Waals surface area contributed by atoms with Crippen molar-refractivity contribution < 1.29 is 14.2 Å². The molecule has 1 aliphatic heterocycles. The standard InChI is InChI=1S/C23H21ClN4O2/c1-23(2)11-16-19(17(29)12-23)20(13-7-9-14(24)10-8-13)27-21(25-16)28-22-26-15-5-3-4-6-18(15)30-22/h3-10,20H,11-12H2,1-2H3,(H2,25,26,27,28)/p+1/t20-/m1/s1. The Labute approximate surface area is 179 Å². The fourth-order valence-electron chi connectivity index (χ4n) is 4.19. The molecule has 5 rings (SSSR count). The van der Waals surface area contributed by atoms with Gasteiger partial charge in [0.05, 0.1) is 11.3 Å². The van der Waals surface area contributed by atoms with E-state index in [1.807, 2.05) is 48.5 Å². The molecule has 0 unspecified atom stereocenters. The number of nitrogens with one attached hydrogen (secondary N) is 3.